The summed E-state index contributed by atoms with van der Waals surface area (Å²) in [6.07, 6.45) is 8.55. The molecule has 5 aliphatic rings. The van der Waals surface area contributed by atoms with Crippen LogP contribution in [0.1, 0.15) is 17.5 Å². The summed E-state index contributed by atoms with van der Waals surface area (Å²) < 4.78 is 13.3. The Labute approximate surface area is 263 Å². The van der Waals surface area contributed by atoms with Gasteiger partial charge < -0.3 is 19.3 Å². The molecule has 0 aliphatic carbocycles. The summed E-state index contributed by atoms with van der Waals surface area (Å²) in [7, 11) is 3.87. The summed E-state index contributed by atoms with van der Waals surface area (Å²) in [5.41, 5.74) is 4.37. The maximum absolute atomic E-state index is 9.82. The number of hydrogen-bond donors (Lipinski definition) is 0. The molecule has 45 heavy (non-hydrogen) atoms. The zero-order valence-electron chi connectivity index (χ0n) is 25.9. The molecule has 11 heteroatoms. The molecule has 0 spiro atoms. The van der Waals surface area contributed by atoms with Gasteiger partial charge in [0.2, 0.25) is 5.88 Å². The van der Waals surface area contributed by atoms with Crippen LogP contribution in [0.3, 0.4) is 0 Å². The number of nitrogens with zero attached hydrogens (tertiary/aromatic N) is 9. The third-order valence-corrected chi connectivity index (χ3v) is 10.2. The standard InChI is InChI=1S/C34H39N9O2/c1-39-16-26-18-40(19-27(26)17-39)7-8-45-30-10-31(34-25(11-35)14-38-43(34)22-30)24-4-5-32(36-13-24)41-20-28-9-29(21-41)42(28)15-23-3-6-33(44-2)37-12-23/h3-6,10,12-14,22,26-29H,7-9,15-21H2,1-2H3. The molecule has 4 aromatic heterocycles. The summed E-state index contributed by atoms with van der Waals surface area (Å²) >= 11 is 0. The van der Waals surface area contributed by atoms with Crippen molar-refractivity contribution in [2.75, 3.05) is 71.5 Å². The largest absolute Gasteiger partial charge is 0.491 e. The molecule has 2 bridgehead atoms. The highest BCUT2D eigenvalue weighted by atomic mass is 16.5. The number of nitriles is 1. The van der Waals surface area contributed by atoms with E-state index in [-0.39, 0.29) is 0 Å². The Morgan fingerprint density at radius 2 is 1.78 bits per heavy atom. The first-order chi connectivity index (χ1) is 22.0. The van der Waals surface area contributed by atoms with E-state index in [4.69, 9.17) is 14.5 Å². The van der Waals surface area contributed by atoms with E-state index < -0.39 is 0 Å². The molecule has 0 amide bonds. The number of likely N-dealkylation sites (tertiary alicyclic amines) is 2. The summed E-state index contributed by atoms with van der Waals surface area (Å²) in [5.74, 6) is 3.95. The van der Waals surface area contributed by atoms with Crippen molar-refractivity contribution >= 4 is 11.3 Å². The highest BCUT2D eigenvalue weighted by molar-refractivity contribution is 5.85. The number of ether oxygens (including phenoxy) is 2. The van der Waals surface area contributed by atoms with E-state index in [2.05, 4.69) is 61.0 Å². The second-order valence-electron chi connectivity index (χ2n) is 13.1. The predicted molar refractivity (Wildman–Crippen MR) is 170 cm³/mol. The number of methoxy groups -OCH3 is 1. The molecule has 5 aliphatic heterocycles. The van der Waals surface area contributed by atoms with Crippen molar-refractivity contribution in [2.45, 2.75) is 25.0 Å². The van der Waals surface area contributed by atoms with E-state index in [1.807, 2.05) is 30.7 Å². The SMILES string of the molecule is COc1ccc(CN2C3CC2CN(c2ccc(-c4cc(OCCN5CC6CN(C)CC6C5)cn5ncc(C#N)c45)cn2)C3)cn1. The predicted octanol–water partition coefficient (Wildman–Crippen LogP) is 3.01. The smallest absolute Gasteiger partial charge is 0.212 e. The number of hydrogen-bond acceptors (Lipinski definition) is 10. The van der Waals surface area contributed by atoms with Gasteiger partial charge in [-0.25, -0.2) is 14.5 Å². The van der Waals surface area contributed by atoms with Gasteiger partial charge in [0.15, 0.2) is 0 Å². The Morgan fingerprint density at radius 1 is 0.956 bits per heavy atom. The van der Waals surface area contributed by atoms with Gasteiger partial charge in [0.1, 0.15) is 24.2 Å². The van der Waals surface area contributed by atoms with Crippen LogP contribution in [0.4, 0.5) is 5.82 Å². The average molecular weight is 606 g/mol. The second kappa shape index (κ2) is 11.6. The van der Waals surface area contributed by atoms with Gasteiger partial charge in [-0.2, -0.15) is 10.4 Å². The minimum atomic E-state index is 0.507. The molecule has 9 heterocycles. The van der Waals surface area contributed by atoms with Gasteiger partial charge in [-0.1, -0.05) is 6.07 Å². The summed E-state index contributed by atoms with van der Waals surface area (Å²) in [4.78, 5) is 19.2. The number of fused-ring (bicyclic) bond motifs is 4. The number of piperidine rings is 1. The lowest BCUT2D eigenvalue weighted by molar-refractivity contribution is -0.00876. The van der Waals surface area contributed by atoms with E-state index in [9.17, 15) is 5.26 Å². The maximum atomic E-state index is 9.82. The maximum Gasteiger partial charge on any atom is 0.212 e. The van der Waals surface area contributed by atoms with Gasteiger partial charge in [-0.3, -0.25) is 9.80 Å². The highest BCUT2D eigenvalue weighted by Gasteiger charge is 2.44. The Morgan fingerprint density at radius 3 is 2.47 bits per heavy atom. The number of piperazine rings is 1. The zero-order valence-corrected chi connectivity index (χ0v) is 25.9. The molecule has 5 saturated heterocycles. The Kier molecular flexibility index (Phi) is 7.28. The number of aromatic nitrogens is 4. The van der Waals surface area contributed by atoms with E-state index in [1.165, 1.54) is 25.1 Å². The van der Waals surface area contributed by atoms with Gasteiger partial charge in [0, 0.05) is 94.0 Å². The van der Waals surface area contributed by atoms with Crippen molar-refractivity contribution < 1.29 is 9.47 Å². The van der Waals surface area contributed by atoms with Crippen molar-refractivity contribution in [2.24, 2.45) is 11.8 Å². The van der Waals surface area contributed by atoms with E-state index in [1.54, 1.807) is 17.8 Å². The molecule has 0 aromatic carbocycles. The lowest BCUT2D eigenvalue weighted by Crippen LogP contribution is -2.68. The van der Waals surface area contributed by atoms with Crippen molar-refractivity contribution in [3.63, 3.8) is 0 Å². The van der Waals surface area contributed by atoms with Crippen LogP contribution in [0.2, 0.25) is 0 Å². The third kappa shape index (κ3) is 5.37. The van der Waals surface area contributed by atoms with Gasteiger partial charge in [-0.05, 0) is 49.1 Å². The minimum Gasteiger partial charge on any atom is -0.491 e. The van der Waals surface area contributed by atoms with Crippen LogP contribution < -0.4 is 14.4 Å². The van der Waals surface area contributed by atoms with Crippen LogP contribution in [-0.4, -0.2) is 113 Å². The molecule has 4 aromatic rings. The fourth-order valence-electron chi connectivity index (χ4n) is 7.98. The van der Waals surface area contributed by atoms with E-state index in [0.29, 0.717) is 30.1 Å². The summed E-state index contributed by atoms with van der Waals surface area (Å²) in [5, 5.41) is 14.3. The van der Waals surface area contributed by atoms with Crippen molar-refractivity contribution in [3.05, 3.63) is 66.2 Å². The van der Waals surface area contributed by atoms with Crippen LogP contribution in [-0.2, 0) is 6.54 Å². The number of pyridine rings is 3. The zero-order chi connectivity index (χ0) is 30.5. The first-order valence-electron chi connectivity index (χ1n) is 16.0. The van der Waals surface area contributed by atoms with Gasteiger partial charge in [0.25, 0.3) is 0 Å². The minimum absolute atomic E-state index is 0.507. The molecule has 0 saturated carbocycles. The van der Waals surface area contributed by atoms with Gasteiger partial charge in [-0.15, -0.1) is 0 Å². The van der Waals surface area contributed by atoms with Gasteiger partial charge in [0.05, 0.1) is 30.6 Å². The number of rotatable bonds is 9. The molecule has 9 rings (SSSR count). The molecule has 0 radical (unpaired) electrons. The summed E-state index contributed by atoms with van der Waals surface area (Å²) in [6.45, 7) is 9.06. The van der Waals surface area contributed by atoms with Crippen LogP contribution >= 0.6 is 0 Å². The molecular weight excluding hydrogens is 566 g/mol. The van der Waals surface area contributed by atoms with Crippen molar-refractivity contribution in [1.82, 2.24) is 34.3 Å². The van der Waals surface area contributed by atoms with E-state index >= 15 is 0 Å². The van der Waals surface area contributed by atoms with Crippen molar-refractivity contribution in [1.29, 1.82) is 5.26 Å². The first-order valence-corrected chi connectivity index (χ1v) is 16.0. The van der Waals surface area contributed by atoms with Crippen LogP contribution in [0.5, 0.6) is 11.6 Å². The molecule has 232 valence electrons. The van der Waals surface area contributed by atoms with Crippen molar-refractivity contribution in [3.8, 4) is 28.8 Å². The van der Waals surface area contributed by atoms with Crippen LogP contribution in [0.15, 0.2) is 55.1 Å². The fraction of sp³-hybridized carbons (Fsp3) is 0.471. The molecule has 4 atom stereocenters. The summed E-state index contributed by atoms with van der Waals surface area (Å²) in [6, 6.07) is 13.6. The molecule has 0 N–H and O–H groups in total. The molecule has 4 unspecified atom stereocenters. The molecule has 5 fully saturated rings. The van der Waals surface area contributed by atoms with Crippen LogP contribution in [0, 0.1) is 23.2 Å². The molecular formula is C34H39N9O2. The topological polar surface area (TPSA) is 98.3 Å². The Hall–Kier alpha value is -4.24. The quantitative estimate of drug-likeness (QED) is 0.283. The highest BCUT2D eigenvalue weighted by Crippen LogP contribution is 2.37. The number of anilines is 1. The molecule has 11 nitrogen and oxygen atoms in total. The Bertz CT molecular complexity index is 1690. The van der Waals surface area contributed by atoms with Gasteiger partial charge >= 0.3 is 0 Å². The van der Waals surface area contributed by atoms with Crippen LogP contribution in [0.25, 0.3) is 16.6 Å². The van der Waals surface area contributed by atoms with E-state index in [0.717, 1.165) is 79.3 Å². The lowest BCUT2D eigenvalue weighted by Gasteiger charge is -2.56. The lowest BCUT2D eigenvalue weighted by atomic mass is 9.87. The fourth-order valence-corrected chi connectivity index (χ4v) is 7.98. The Balaban J connectivity index is 0.941. The first kappa shape index (κ1) is 28.2. The third-order valence-electron chi connectivity index (χ3n) is 10.2. The second-order valence-corrected chi connectivity index (χ2v) is 13.1. The normalized spacial score (nSPS) is 24.9. The monoisotopic (exact) mass is 605 g/mol. The average Bonchev–Trinajstić information content (AvgIpc) is 3.76.